The molecule has 1 rings (SSSR count). The Labute approximate surface area is 110 Å². The first-order chi connectivity index (χ1) is 7.82. The highest BCUT2D eigenvalue weighted by Crippen LogP contribution is 2.25. The first-order valence-electron chi connectivity index (χ1n) is 6.45. The van der Waals surface area contributed by atoms with Gasteiger partial charge in [-0.3, -0.25) is 0 Å². The summed E-state index contributed by atoms with van der Waals surface area (Å²) in [7, 11) is 2.03. The maximum Gasteiger partial charge on any atom is 0.0931 e. The lowest BCUT2D eigenvalue weighted by atomic mass is 9.93. The van der Waals surface area contributed by atoms with E-state index >= 15 is 0 Å². The standard InChI is InChI=1S/C14H26N2S/c1-10(7-11(2)15-6)8-13-16-12(9-17-13)14(3,4)5/h9-11,15H,7-8H2,1-6H3. The predicted molar refractivity (Wildman–Crippen MR) is 76.8 cm³/mol. The van der Waals surface area contributed by atoms with Crippen LogP contribution in [0.15, 0.2) is 5.38 Å². The molecule has 1 heterocycles. The molecule has 3 heteroatoms. The molecule has 0 fully saturated rings. The average molecular weight is 254 g/mol. The van der Waals surface area contributed by atoms with E-state index in [1.165, 1.54) is 17.1 Å². The molecular weight excluding hydrogens is 228 g/mol. The molecule has 0 amide bonds. The largest absolute Gasteiger partial charge is 0.317 e. The van der Waals surface area contributed by atoms with Crippen LogP contribution >= 0.6 is 11.3 Å². The highest BCUT2D eigenvalue weighted by molar-refractivity contribution is 7.09. The normalized spacial score (nSPS) is 15.9. The van der Waals surface area contributed by atoms with Crippen LogP contribution in [0.4, 0.5) is 0 Å². The van der Waals surface area contributed by atoms with Crippen LogP contribution in [0.1, 0.15) is 51.7 Å². The molecule has 1 N–H and O–H groups in total. The molecule has 1 aromatic rings. The molecular formula is C14H26N2S. The Morgan fingerprint density at radius 1 is 1.35 bits per heavy atom. The minimum absolute atomic E-state index is 0.177. The summed E-state index contributed by atoms with van der Waals surface area (Å²) in [5.41, 5.74) is 1.40. The minimum atomic E-state index is 0.177. The van der Waals surface area contributed by atoms with Crippen LogP contribution in [0.25, 0.3) is 0 Å². The Bertz CT molecular complexity index is 338. The molecule has 0 aliphatic heterocycles. The third kappa shape index (κ3) is 4.76. The molecule has 17 heavy (non-hydrogen) atoms. The van der Waals surface area contributed by atoms with Gasteiger partial charge in [0.15, 0.2) is 0 Å². The molecule has 2 unspecified atom stereocenters. The molecule has 0 aromatic carbocycles. The molecule has 0 spiro atoms. The average Bonchev–Trinajstić information content (AvgIpc) is 2.65. The highest BCUT2D eigenvalue weighted by atomic mass is 32.1. The number of hydrogen-bond acceptors (Lipinski definition) is 3. The second-order valence-corrected chi connectivity index (χ2v) is 7.05. The minimum Gasteiger partial charge on any atom is -0.317 e. The zero-order valence-electron chi connectivity index (χ0n) is 12.0. The van der Waals surface area contributed by atoms with Gasteiger partial charge < -0.3 is 5.32 Å². The van der Waals surface area contributed by atoms with Crippen molar-refractivity contribution in [2.24, 2.45) is 5.92 Å². The van der Waals surface area contributed by atoms with Gasteiger partial charge in [0, 0.05) is 23.3 Å². The Kier molecular flexibility index (Phi) is 5.14. The molecule has 0 radical (unpaired) electrons. The lowest BCUT2D eigenvalue weighted by molar-refractivity contribution is 0.438. The molecule has 0 saturated carbocycles. The van der Waals surface area contributed by atoms with Gasteiger partial charge in [0.2, 0.25) is 0 Å². The van der Waals surface area contributed by atoms with E-state index in [2.05, 4.69) is 45.3 Å². The molecule has 0 saturated heterocycles. The molecule has 0 bridgehead atoms. The summed E-state index contributed by atoms with van der Waals surface area (Å²) in [4.78, 5) is 4.75. The summed E-state index contributed by atoms with van der Waals surface area (Å²) in [5.74, 6) is 0.691. The Balaban J connectivity index is 2.55. The van der Waals surface area contributed by atoms with Crippen molar-refractivity contribution in [2.45, 2.75) is 58.9 Å². The Morgan fingerprint density at radius 3 is 2.47 bits per heavy atom. The van der Waals surface area contributed by atoms with Crippen molar-refractivity contribution in [2.75, 3.05) is 7.05 Å². The van der Waals surface area contributed by atoms with E-state index in [1.807, 2.05) is 18.4 Å². The van der Waals surface area contributed by atoms with Crippen molar-refractivity contribution in [1.82, 2.24) is 10.3 Å². The SMILES string of the molecule is CNC(C)CC(C)Cc1nc(C(C)(C)C)cs1. The second kappa shape index (κ2) is 5.96. The van der Waals surface area contributed by atoms with Gasteiger partial charge in [-0.15, -0.1) is 11.3 Å². The summed E-state index contributed by atoms with van der Waals surface area (Å²) in [6.07, 6.45) is 2.31. The summed E-state index contributed by atoms with van der Waals surface area (Å²) in [6, 6.07) is 0.590. The van der Waals surface area contributed by atoms with Gasteiger partial charge in [0.25, 0.3) is 0 Å². The highest BCUT2D eigenvalue weighted by Gasteiger charge is 2.18. The number of hydrogen-bond donors (Lipinski definition) is 1. The van der Waals surface area contributed by atoms with Crippen LogP contribution in [0, 0.1) is 5.92 Å². The third-order valence-corrected chi connectivity index (χ3v) is 3.96. The van der Waals surface area contributed by atoms with Gasteiger partial charge in [-0.2, -0.15) is 0 Å². The Morgan fingerprint density at radius 2 is 2.00 bits per heavy atom. The summed E-state index contributed by atoms with van der Waals surface area (Å²) >= 11 is 1.81. The van der Waals surface area contributed by atoms with Gasteiger partial charge in [-0.05, 0) is 26.3 Å². The van der Waals surface area contributed by atoms with Crippen molar-refractivity contribution >= 4 is 11.3 Å². The van der Waals surface area contributed by atoms with Gasteiger partial charge >= 0.3 is 0 Å². The molecule has 2 nitrogen and oxygen atoms in total. The van der Waals surface area contributed by atoms with E-state index < -0.39 is 0 Å². The van der Waals surface area contributed by atoms with Crippen LogP contribution in [-0.4, -0.2) is 18.1 Å². The van der Waals surface area contributed by atoms with Crippen LogP contribution < -0.4 is 5.32 Å². The maximum atomic E-state index is 4.75. The van der Waals surface area contributed by atoms with Crippen molar-refractivity contribution in [3.05, 3.63) is 16.1 Å². The van der Waals surface area contributed by atoms with Gasteiger partial charge in [0.05, 0.1) is 10.7 Å². The van der Waals surface area contributed by atoms with E-state index in [4.69, 9.17) is 4.98 Å². The van der Waals surface area contributed by atoms with Crippen LogP contribution in [0.5, 0.6) is 0 Å². The maximum absolute atomic E-state index is 4.75. The summed E-state index contributed by atoms with van der Waals surface area (Å²) < 4.78 is 0. The monoisotopic (exact) mass is 254 g/mol. The van der Waals surface area contributed by atoms with E-state index in [0.29, 0.717) is 12.0 Å². The van der Waals surface area contributed by atoms with Crippen molar-refractivity contribution in [1.29, 1.82) is 0 Å². The number of thiazole rings is 1. The quantitative estimate of drug-likeness (QED) is 0.868. The topological polar surface area (TPSA) is 24.9 Å². The first-order valence-corrected chi connectivity index (χ1v) is 7.33. The van der Waals surface area contributed by atoms with Gasteiger partial charge in [-0.25, -0.2) is 4.98 Å². The molecule has 2 atom stereocenters. The van der Waals surface area contributed by atoms with Gasteiger partial charge in [0.1, 0.15) is 0 Å². The fraction of sp³-hybridized carbons (Fsp3) is 0.786. The summed E-state index contributed by atoms with van der Waals surface area (Å²) in [5, 5.41) is 6.79. The predicted octanol–water partition coefficient (Wildman–Crippen LogP) is 3.62. The van der Waals surface area contributed by atoms with Crippen molar-refractivity contribution in [3.8, 4) is 0 Å². The van der Waals surface area contributed by atoms with E-state index in [-0.39, 0.29) is 5.41 Å². The molecule has 0 aliphatic carbocycles. The van der Waals surface area contributed by atoms with Crippen LogP contribution in [0.2, 0.25) is 0 Å². The number of rotatable bonds is 5. The molecule has 1 aromatic heterocycles. The van der Waals surface area contributed by atoms with Crippen LogP contribution in [-0.2, 0) is 11.8 Å². The number of aromatic nitrogens is 1. The van der Waals surface area contributed by atoms with Gasteiger partial charge in [-0.1, -0.05) is 27.7 Å². The summed E-state index contributed by atoms with van der Waals surface area (Å²) in [6.45, 7) is 11.2. The first kappa shape index (κ1) is 14.7. The van der Waals surface area contributed by atoms with E-state index in [9.17, 15) is 0 Å². The van der Waals surface area contributed by atoms with Crippen molar-refractivity contribution < 1.29 is 0 Å². The van der Waals surface area contributed by atoms with Crippen LogP contribution in [0.3, 0.4) is 0 Å². The van der Waals surface area contributed by atoms with E-state index in [1.54, 1.807) is 0 Å². The molecule has 98 valence electrons. The second-order valence-electron chi connectivity index (χ2n) is 6.11. The zero-order valence-corrected chi connectivity index (χ0v) is 12.8. The lowest BCUT2D eigenvalue weighted by Crippen LogP contribution is -2.24. The number of nitrogens with one attached hydrogen (secondary N) is 1. The lowest BCUT2D eigenvalue weighted by Gasteiger charge is -2.16. The Hall–Kier alpha value is -0.410. The smallest absolute Gasteiger partial charge is 0.0931 e. The van der Waals surface area contributed by atoms with E-state index in [0.717, 1.165) is 6.42 Å². The fourth-order valence-electron chi connectivity index (χ4n) is 1.85. The number of nitrogens with zero attached hydrogens (tertiary/aromatic N) is 1. The van der Waals surface area contributed by atoms with Crippen molar-refractivity contribution in [3.63, 3.8) is 0 Å². The third-order valence-electron chi connectivity index (χ3n) is 3.09. The fourth-order valence-corrected chi connectivity index (χ4v) is 3.04. The zero-order chi connectivity index (χ0) is 13.1. The molecule has 0 aliphatic rings.